The van der Waals surface area contributed by atoms with Crippen molar-refractivity contribution >= 4 is 17.3 Å². The third-order valence-electron chi connectivity index (χ3n) is 3.37. The van der Waals surface area contributed by atoms with Gasteiger partial charge in [0, 0.05) is 20.1 Å². The van der Waals surface area contributed by atoms with E-state index in [4.69, 9.17) is 5.73 Å². The molecule has 112 valence electrons. The maximum atomic E-state index is 6.19. The molecule has 21 heavy (non-hydrogen) atoms. The number of rotatable bonds is 7. The molecule has 0 unspecified atom stereocenters. The second kappa shape index (κ2) is 7.47. The highest BCUT2D eigenvalue weighted by molar-refractivity contribution is 5.74. The molecule has 0 saturated carbocycles. The van der Waals surface area contributed by atoms with E-state index in [-0.39, 0.29) is 0 Å². The average Bonchev–Trinajstić information content (AvgIpc) is 2.52. The van der Waals surface area contributed by atoms with Crippen LogP contribution in [0.3, 0.4) is 0 Å². The van der Waals surface area contributed by atoms with Crippen molar-refractivity contribution in [2.24, 2.45) is 0 Å². The van der Waals surface area contributed by atoms with Gasteiger partial charge in [0.1, 0.15) is 12.0 Å². The molecule has 0 aliphatic heterocycles. The number of nitrogens with zero attached hydrogens (tertiary/aromatic N) is 3. The van der Waals surface area contributed by atoms with Gasteiger partial charge in [-0.15, -0.1) is 0 Å². The van der Waals surface area contributed by atoms with Crippen LogP contribution in [0.4, 0.5) is 17.3 Å². The zero-order valence-electron chi connectivity index (χ0n) is 12.7. The Morgan fingerprint density at radius 2 is 1.95 bits per heavy atom. The molecule has 0 bridgehead atoms. The number of unbranched alkanes of at least 4 members (excludes halogenated alkanes) is 1. The summed E-state index contributed by atoms with van der Waals surface area (Å²) in [6.07, 6.45) is 3.82. The van der Waals surface area contributed by atoms with Gasteiger partial charge in [-0.25, -0.2) is 9.97 Å². The zero-order valence-corrected chi connectivity index (χ0v) is 12.7. The first kappa shape index (κ1) is 15.1. The normalized spacial score (nSPS) is 10.4. The molecule has 0 aliphatic rings. The number of benzene rings is 1. The van der Waals surface area contributed by atoms with Crippen LogP contribution in [0.2, 0.25) is 0 Å². The molecular formula is C16H23N5. The molecule has 5 nitrogen and oxygen atoms in total. The second-order valence-corrected chi connectivity index (χ2v) is 5.07. The summed E-state index contributed by atoms with van der Waals surface area (Å²) >= 11 is 0. The highest BCUT2D eigenvalue weighted by Crippen LogP contribution is 2.25. The Labute approximate surface area is 126 Å². The number of nitrogens with two attached hydrogens (primary N) is 1. The van der Waals surface area contributed by atoms with Gasteiger partial charge >= 0.3 is 0 Å². The fourth-order valence-electron chi connectivity index (χ4n) is 2.11. The summed E-state index contributed by atoms with van der Waals surface area (Å²) in [7, 11) is 2.01. The van der Waals surface area contributed by atoms with E-state index in [1.54, 1.807) is 6.33 Å². The van der Waals surface area contributed by atoms with Crippen LogP contribution in [-0.4, -0.2) is 23.6 Å². The third kappa shape index (κ3) is 4.08. The Kier molecular flexibility index (Phi) is 5.37. The number of aromatic nitrogens is 2. The minimum Gasteiger partial charge on any atom is -0.393 e. The molecule has 0 spiro atoms. The Morgan fingerprint density at radius 1 is 1.19 bits per heavy atom. The van der Waals surface area contributed by atoms with Crippen molar-refractivity contribution in [3.63, 3.8) is 0 Å². The Morgan fingerprint density at radius 3 is 2.67 bits per heavy atom. The van der Waals surface area contributed by atoms with E-state index in [1.165, 1.54) is 5.56 Å². The van der Waals surface area contributed by atoms with Crippen LogP contribution in [0.15, 0.2) is 36.7 Å². The Hall–Kier alpha value is -2.30. The fourth-order valence-corrected chi connectivity index (χ4v) is 2.11. The smallest absolute Gasteiger partial charge is 0.157 e. The molecule has 3 N–H and O–H groups in total. The second-order valence-electron chi connectivity index (χ2n) is 5.07. The first-order chi connectivity index (χ1) is 10.2. The minimum atomic E-state index is 0.604. The van der Waals surface area contributed by atoms with E-state index in [0.717, 1.165) is 25.2 Å². The van der Waals surface area contributed by atoms with Gasteiger partial charge in [0.15, 0.2) is 11.6 Å². The monoisotopic (exact) mass is 285 g/mol. The lowest BCUT2D eigenvalue weighted by atomic mass is 10.2. The van der Waals surface area contributed by atoms with Crippen LogP contribution in [0.5, 0.6) is 0 Å². The van der Waals surface area contributed by atoms with Crippen LogP contribution in [0, 0.1) is 0 Å². The quantitative estimate of drug-likeness (QED) is 0.818. The molecule has 0 amide bonds. The van der Waals surface area contributed by atoms with E-state index in [0.29, 0.717) is 18.1 Å². The van der Waals surface area contributed by atoms with Crippen molar-refractivity contribution in [3.8, 4) is 0 Å². The Balaban J connectivity index is 2.07. The molecule has 5 heteroatoms. The maximum Gasteiger partial charge on any atom is 0.157 e. The van der Waals surface area contributed by atoms with Gasteiger partial charge in [0.2, 0.25) is 0 Å². The fraction of sp³-hybridized carbons (Fsp3) is 0.375. The highest BCUT2D eigenvalue weighted by atomic mass is 15.2. The highest BCUT2D eigenvalue weighted by Gasteiger charge is 2.11. The summed E-state index contributed by atoms with van der Waals surface area (Å²) in [6, 6.07) is 10.2. The molecule has 0 aliphatic carbocycles. The first-order valence-corrected chi connectivity index (χ1v) is 7.31. The molecule has 1 aromatic heterocycles. The number of nitrogens with one attached hydrogen (secondary N) is 1. The van der Waals surface area contributed by atoms with Gasteiger partial charge in [0.25, 0.3) is 0 Å². The van der Waals surface area contributed by atoms with Gasteiger partial charge in [-0.3, -0.25) is 0 Å². The van der Waals surface area contributed by atoms with Gasteiger partial charge < -0.3 is 16.0 Å². The van der Waals surface area contributed by atoms with Crippen LogP contribution in [0.25, 0.3) is 0 Å². The van der Waals surface area contributed by atoms with E-state index in [2.05, 4.69) is 39.2 Å². The van der Waals surface area contributed by atoms with Gasteiger partial charge in [-0.1, -0.05) is 43.7 Å². The van der Waals surface area contributed by atoms with Crippen LogP contribution >= 0.6 is 0 Å². The predicted molar refractivity (Wildman–Crippen MR) is 88.4 cm³/mol. The van der Waals surface area contributed by atoms with E-state index >= 15 is 0 Å². The minimum absolute atomic E-state index is 0.604. The van der Waals surface area contributed by atoms with Gasteiger partial charge in [-0.05, 0) is 12.0 Å². The molecule has 0 atom stereocenters. The number of anilines is 3. The molecule has 0 fully saturated rings. The first-order valence-electron chi connectivity index (χ1n) is 7.31. The summed E-state index contributed by atoms with van der Waals surface area (Å²) in [5, 5.41) is 3.28. The van der Waals surface area contributed by atoms with E-state index in [9.17, 15) is 0 Å². The summed E-state index contributed by atoms with van der Waals surface area (Å²) in [4.78, 5) is 10.6. The summed E-state index contributed by atoms with van der Waals surface area (Å²) < 4.78 is 0. The van der Waals surface area contributed by atoms with E-state index in [1.807, 2.05) is 25.2 Å². The van der Waals surface area contributed by atoms with Crippen molar-refractivity contribution < 1.29 is 0 Å². The SMILES string of the molecule is CCCCN(C)c1ncnc(NCc2ccccc2)c1N. The maximum absolute atomic E-state index is 6.19. The van der Waals surface area contributed by atoms with Crippen LogP contribution in [0.1, 0.15) is 25.3 Å². The summed E-state index contributed by atoms with van der Waals surface area (Å²) in [6.45, 7) is 3.81. The zero-order chi connectivity index (χ0) is 15.1. The van der Waals surface area contributed by atoms with E-state index < -0.39 is 0 Å². The molecule has 2 aromatic rings. The summed E-state index contributed by atoms with van der Waals surface area (Å²) in [5.41, 5.74) is 7.99. The average molecular weight is 285 g/mol. The summed E-state index contributed by atoms with van der Waals surface area (Å²) in [5.74, 6) is 1.47. The number of hydrogen-bond donors (Lipinski definition) is 2. The largest absolute Gasteiger partial charge is 0.393 e. The topological polar surface area (TPSA) is 67.1 Å². The third-order valence-corrected chi connectivity index (χ3v) is 3.37. The molecule has 1 heterocycles. The molecule has 0 saturated heterocycles. The lowest BCUT2D eigenvalue weighted by molar-refractivity contribution is 0.759. The Bertz CT molecular complexity index is 556. The standard InChI is InChI=1S/C16H23N5/c1-3-4-10-21(2)16-14(17)15(19-12-20-16)18-11-13-8-6-5-7-9-13/h5-9,12H,3-4,10-11,17H2,1-2H3,(H,18,19,20). The lowest BCUT2D eigenvalue weighted by Gasteiger charge is -2.20. The molecular weight excluding hydrogens is 262 g/mol. The van der Waals surface area contributed by atoms with Crippen molar-refractivity contribution in [3.05, 3.63) is 42.2 Å². The molecule has 0 radical (unpaired) electrons. The lowest BCUT2D eigenvalue weighted by Crippen LogP contribution is -2.21. The molecule has 1 aromatic carbocycles. The van der Waals surface area contributed by atoms with Crippen LogP contribution in [-0.2, 0) is 6.54 Å². The van der Waals surface area contributed by atoms with Crippen molar-refractivity contribution in [1.82, 2.24) is 9.97 Å². The predicted octanol–water partition coefficient (Wildman–Crippen LogP) is 2.91. The van der Waals surface area contributed by atoms with Gasteiger partial charge in [0.05, 0.1) is 0 Å². The number of nitrogen functional groups attached to an aromatic ring is 1. The number of hydrogen-bond acceptors (Lipinski definition) is 5. The van der Waals surface area contributed by atoms with Crippen LogP contribution < -0.4 is 16.0 Å². The van der Waals surface area contributed by atoms with Gasteiger partial charge in [-0.2, -0.15) is 0 Å². The molecule has 2 rings (SSSR count). The van der Waals surface area contributed by atoms with Crippen molar-refractivity contribution in [2.75, 3.05) is 29.5 Å². The van der Waals surface area contributed by atoms with Crippen molar-refractivity contribution in [1.29, 1.82) is 0 Å². The van der Waals surface area contributed by atoms with Crippen molar-refractivity contribution in [2.45, 2.75) is 26.3 Å².